The Bertz CT molecular complexity index is 914. The van der Waals surface area contributed by atoms with E-state index in [9.17, 15) is 23.9 Å². The molecule has 0 spiro atoms. The normalized spacial score (nSPS) is 22.2. The topological polar surface area (TPSA) is 127 Å². The standard InChI is InChI=1S/C17H17FN4O4/c18-12-7-10(22-4-3-20-8-15(22)24)1-2-13(12)21-17(26)9-5-11(16(19)25)14(23)6-9/h1-4,7-9,11,14,23H,5-6H2,(H2,19,25)(H,21,26). The van der Waals surface area contributed by atoms with Gasteiger partial charge in [0.15, 0.2) is 0 Å². The van der Waals surface area contributed by atoms with Gasteiger partial charge in [-0.05, 0) is 25.0 Å². The van der Waals surface area contributed by atoms with E-state index < -0.39 is 41.1 Å². The Kier molecular flexibility index (Phi) is 4.81. The van der Waals surface area contributed by atoms with E-state index in [0.717, 1.165) is 12.3 Å². The lowest BCUT2D eigenvalue weighted by Gasteiger charge is -2.12. The maximum absolute atomic E-state index is 14.3. The zero-order valence-corrected chi connectivity index (χ0v) is 13.6. The second kappa shape index (κ2) is 7.04. The lowest BCUT2D eigenvalue weighted by atomic mass is 10.0. The van der Waals surface area contributed by atoms with Crippen molar-refractivity contribution < 1.29 is 19.1 Å². The molecule has 26 heavy (non-hydrogen) atoms. The number of hydrogen-bond acceptors (Lipinski definition) is 5. The summed E-state index contributed by atoms with van der Waals surface area (Å²) in [6.45, 7) is 0. The summed E-state index contributed by atoms with van der Waals surface area (Å²) in [5.41, 5.74) is 5.01. The third-order valence-corrected chi connectivity index (χ3v) is 4.48. The Morgan fingerprint density at radius 3 is 2.73 bits per heavy atom. The molecule has 0 aliphatic heterocycles. The maximum atomic E-state index is 14.3. The van der Waals surface area contributed by atoms with Crippen LogP contribution in [0, 0.1) is 17.7 Å². The van der Waals surface area contributed by atoms with Crippen molar-refractivity contribution in [1.29, 1.82) is 0 Å². The molecule has 2 aromatic rings. The fraction of sp³-hybridized carbons (Fsp3) is 0.294. The molecule has 1 heterocycles. The van der Waals surface area contributed by atoms with E-state index in [1.165, 1.54) is 29.1 Å². The van der Waals surface area contributed by atoms with Crippen LogP contribution in [0.15, 0.2) is 41.6 Å². The summed E-state index contributed by atoms with van der Waals surface area (Å²) in [6, 6.07) is 3.94. The van der Waals surface area contributed by atoms with Crippen molar-refractivity contribution in [1.82, 2.24) is 9.55 Å². The molecule has 3 rings (SSSR count). The molecule has 0 bridgehead atoms. The smallest absolute Gasteiger partial charge is 0.273 e. The highest BCUT2D eigenvalue weighted by Crippen LogP contribution is 2.32. The van der Waals surface area contributed by atoms with E-state index in [1.807, 2.05) is 0 Å². The van der Waals surface area contributed by atoms with Crippen LogP contribution >= 0.6 is 0 Å². The van der Waals surface area contributed by atoms with Gasteiger partial charge in [0, 0.05) is 24.4 Å². The van der Waals surface area contributed by atoms with Crippen LogP contribution in [0.25, 0.3) is 5.69 Å². The van der Waals surface area contributed by atoms with E-state index in [-0.39, 0.29) is 24.2 Å². The minimum atomic E-state index is -0.978. The number of nitrogens with zero attached hydrogens (tertiary/aromatic N) is 2. The van der Waals surface area contributed by atoms with Gasteiger partial charge in [0.2, 0.25) is 11.8 Å². The van der Waals surface area contributed by atoms with Crippen molar-refractivity contribution in [3.05, 3.63) is 53.0 Å². The summed E-state index contributed by atoms with van der Waals surface area (Å²) in [7, 11) is 0. The number of halogens is 1. The number of aromatic nitrogens is 2. The van der Waals surface area contributed by atoms with Gasteiger partial charge in [-0.15, -0.1) is 0 Å². The number of carbonyl (C=O) groups excluding carboxylic acids is 2. The molecule has 2 amide bonds. The molecular weight excluding hydrogens is 343 g/mol. The number of aliphatic hydroxyl groups excluding tert-OH is 1. The lowest BCUT2D eigenvalue weighted by molar-refractivity contribution is -0.124. The number of anilines is 1. The van der Waals surface area contributed by atoms with E-state index in [1.54, 1.807) is 0 Å². The van der Waals surface area contributed by atoms with Crippen LogP contribution in [-0.2, 0) is 9.59 Å². The highest BCUT2D eigenvalue weighted by molar-refractivity contribution is 5.93. The van der Waals surface area contributed by atoms with E-state index in [4.69, 9.17) is 5.73 Å². The molecule has 8 nitrogen and oxygen atoms in total. The predicted molar refractivity (Wildman–Crippen MR) is 89.8 cm³/mol. The van der Waals surface area contributed by atoms with Crippen LogP contribution in [0.1, 0.15) is 12.8 Å². The third-order valence-electron chi connectivity index (χ3n) is 4.48. The van der Waals surface area contributed by atoms with Crippen molar-refractivity contribution >= 4 is 17.5 Å². The summed E-state index contributed by atoms with van der Waals surface area (Å²) in [6.07, 6.45) is 3.14. The lowest BCUT2D eigenvalue weighted by Crippen LogP contribution is -2.29. The third kappa shape index (κ3) is 3.47. The summed E-state index contributed by atoms with van der Waals surface area (Å²) >= 11 is 0. The first-order valence-electron chi connectivity index (χ1n) is 7.97. The first-order chi connectivity index (χ1) is 12.4. The maximum Gasteiger partial charge on any atom is 0.273 e. The number of hydrogen-bond donors (Lipinski definition) is 3. The molecule has 9 heteroatoms. The number of nitrogens with two attached hydrogens (primary N) is 1. The minimum absolute atomic E-state index is 0.0575. The molecule has 3 unspecified atom stereocenters. The quantitative estimate of drug-likeness (QED) is 0.717. The van der Waals surface area contributed by atoms with Crippen molar-refractivity contribution in [2.45, 2.75) is 18.9 Å². The van der Waals surface area contributed by atoms with Crippen LogP contribution in [0.5, 0.6) is 0 Å². The van der Waals surface area contributed by atoms with Gasteiger partial charge >= 0.3 is 0 Å². The highest BCUT2D eigenvalue weighted by Gasteiger charge is 2.40. The summed E-state index contributed by atoms with van der Waals surface area (Å²) in [5.74, 6) is -3.29. The Hall–Kier alpha value is -3.07. The number of benzene rings is 1. The molecule has 0 saturated heterocycles. The predicted octanol–water partition coefficient (Wildman–Crippen LogP) is 0.182. The van der Waals surface area contributed by atoms with Crippen LogP contribution in [-0.4, -0.2) is 32.6 Å². The summed E-state index contributed by atoms with van der Waals surface area (Å²) in [5, 5.41) is 12.2. The average molecular weight is 360 g/mol. The molecular formula is C17H17FN4O4. The fourth-order valence-electron chi connectivity index (χ4n) is 3.09. The largest absolute Gasteiger partial charge is 0.392 e. The first-order valence-corrected chi connectivity index (χ1v) is 7.97. The summed E-state index contributed by atoms with van der Waals surface area (Å²) in [4.78, 5) is 38.9. The first kappa shape index (κ1) is 17.7. The Balaban J connectivity index is 1.75. The number of rotatable bonds is 4. The number of nitrogens with one attached hydrogen (secondary N) is 1. The van der Waals surface area contributed by atoms with Gasteiger partial charge in [0.1, 0.15) is 5.82 Å². The zero-order valence-electron chi connectivity index (χ0n) is 13.6. The molecule has 1 aliphatic rings. The van der Waals surface area contributed by atoms with Crippen molar-refractivity contribution in [2.75, 3.05) is 5.32 Å². The summed E-state index contributed by atoms with van der Waals surface area (Å²) < 4.78 is 15.5. The number of aliphatic hydroxyl groups is 1. The number of amides is 2. The van der Waals surface area contributed by atoms with Crippen LogP contribution in [0.2, 0.25) is 0 Å². The molecule has 4 N–H and O–H groups in total. The van der Waals surface area contributed by atoms with Gasteiger partial charge in [-0.2, -0.15) is 0 Å². The molecule has 1 saturated carbocycles. The second-order valence-electron chi connectivity index (χ2n) is 6.18. The van der Waals surface area contributed by atoms with Gasteiger partial charge in [-0.1, -0.05) is 0 Å². The monoisotopic (exact) mass is 360 g/mol. The Labute approximate surface area is 147 Å². The molecule has 1 fully saturated rings. The number of carbonyl (C=O) groups is 2. The molecule has 1 aromatic carbocycles. The number of primary amides is 1. The van der Waals surface area contributed by atoms with Gasteiger partial charge < -0.3 is 16.2 Å². The second-order valence-corrected chi connectivity index (χ2v) is 6.18. The van der Waals surface area contributed by atoms with E-state index >= 15 is 0 Å². The molecule has 136 valence electrons. The Morgan fingerprint density at radius 2 is 2.12 bits per heavy atom. The van der Waals surface area contributed by atoms with E-state index in [2.05, 4.69) is 10.3 Å². The van der Waals surface area contributed by atoms with Gasteiger partial charge in [0.25, 0.3) is 5.56 Å². The zero-order chi connectivity index (χ0) is 18.8. The van der Waals surface area contributed by atoms with Crippen LogP contribution in [0.3, 0.4) is 0 Å². The minimum Gasteiger partial charge on any atom is -0.392 e. The Morgan fingerprint density at radius 1 is 1.35 bits per heavy atom. The molecule has 1 aromatic heterocycles. The molecule has 1 aliphatic carbocycles. The molecule has 0 radical (unpaired) electrons. The van der Waals surface area contributed by atoms with Crippen molar-refractivity contribution in [3.63, 3.8) is 0 Å². The fourth-order valence-corrected chi connectivity index (χ4v) is 3.09. The highest BCUT2D eigenvalue weighted by atomic mass is 19.1. The van der Waals surface area contributed by atoms with Crippen LogP contribution < -0.4 is 16.6 Å². The van der Waals surface area contributed by atoms with Gasteiger partial charge in [-0.3, -0.25) is 23.9 Å². The van der Waals surface area contributed by atoms with E-state index in [0.29, 0.717) is 0 Å². The van der Waals surface area contributed by atoms with Crippen LogP contribution in [0.4, 0.5) is 10.1 Å². The van der Waals surface area contributed by atoms with Crippen molar-refractivity contribution in [2.24, 2.45) is 17.6 Å². The van der Waals surface area contributed by atoms with Crippen molar-refractivity contribution in [3.8, 4) is 5.69 Å². The molecule has 3 atom stereocenters. The van der Waals surface area contributed by atoms with Gasteiger partial charge in [0.05, 0.1) is 29.6 Å². The van der Waals surface area contributed by atoms with Gasteiger partial charge in [-0.25, -0.2) is 4.39 Å². The SMILES string of the molecule is NC(=O)C1CC(C(=O)Nc2ccc(-n3ccncc3=O)cc2F)CC1O. The average Bonchev–Trinajstić information content (AvgIpc) is 2.99.